The van der Waals surface area contributed by atoms with Crippen LogP contribution >= 0.6 is 23.2 Å². The molecule has 3 aromatic rings. The van der Waals surface area contributed by atoms with Gasteiger partial charge in [-0.1, -0.05) is 90.6 Å². The second-order valence-electron chi connectivity index (χ2n) is 12.5. The summed E-state index contributed by atoms with van der Waals surface area (Å²) in [7, 11) is 0. The molecule has 3 aromatic carbocycles. The quantitative estimate of drug-likeness (QED) is 0.300. The van der Waals surface area contributed by atoms with Gasteiger partial charge >= 0.3 is 0 Å². The predicted molar refractivity (Wildman–Crippen MR) is 177 cm³/mol. The minimum absolute atomic E-state index is 0.00258. The Bertz CT molecular complexity index is 1530. The Morgan fingerprint density at radius 1 is 0.933 bits per heavy atom. The third-order valence-electron chi connectivity index (χ3n) is 9.32. The average Bonchev–Trinajstić information content (AvgIpc) is 3.88. The Kier molecular flexibility index (Phi) is 10.1. The molecule has 3 aliphatic rings. The van der Waals surface area contributed by atoms with Crippen LogP contribution in [0.4, 0.5) is 0 Å². The highest BCUT2D eigenvalue weighted by Gasteiger charge is 2.42. The number of hydrogen-bond acceptors (Lipinski definition) is 4. The molecule has 2 heterocycles. The maximum Gasteiger partial charge on any atom is 0.246 e. The summed E-state index contributed by atoms with van der Waals surface area (Å²) in [4.78, 5) is 45.6. The zero-order valence-corrected chi connectivity index (χ0v) is 26.9. The molecule has 2 N–H and O–H groups in total. The summed E-state index contributed by atoms with van der Waals surface area (Å²) >= 11 is 12.5. The first-order valence-corrected chi connectivity index (χ1v) is 16.8. The van der Waals surface area contributed by atoms with Crippen molar-refractivity contribution in [3.8, 4) is 0 Å². The topological polar surface area (TPSA) is 81.8 Å². The van der Waals surface area contributed by atoms with Gasteiger partial charge in [-0.3, -0.25) is 14.4 Å². The second-order valence-corrected chi connectivity index (χ2v) is 13.4. The van der Waals surface area contributed by atoms with Crippen LogP contribution in [0.3, 0.4) is 0 Å². The van der Waals surface area contributed by atoms with Gasteiger partial charge in [0, 0.05) is 42.6 Å². The monoisotopic (exact) mass is 646 g/mol. The number of nitrogens with zero attached hydrogens (tertiary/aromatic N) is 2. The van der Waals surface area contributed by atoms with Gasteiger partial charge in [0.15, 0.2) is 0 Å². The standard InChI is InChI=1S/C36H40Cl2N4O3/c37-29-15-13-24(14-16-29)20-32(40-34(43)31-22-27-7-1-2-8-28(27)23-39-31)35(44)42-19-18-41(36(45)33(42)21-25-11-12-25)17-5-9-26-6-3-4-10-30(26)38/h1-4,6-8,10,13-16,25,31-33,39H,5,9,11-12,17-23H2,(H,40,43). The van der Waals surface area contributed by atoms with Crippen molar-refractivity contribution >= 4 is 40.9 Å². The van der Waals surface area contributed by atoms with Gasteiger partial charge in [-0.25, -0.2) is 0 Å². The fourth-order valence-electron chi connectivity index (χ4n) is 6.55. The van der Waals surface area contributed by atoms with Crippen molar-refractivity contribution in [1.29, 1.82) is 0 Å². The summed E-state index contributed by atoms with van der Waals surface area (Å²) in [6, 6.07) is 21.5. The third kappa shape index (κ3) is 7.89. The molecule has 2 fully saturated rings. The van der Waals surface area contributed by atoms with Crippen LogP contribution in [0, 0.1) is 5.92 Å². The van der Waals surface area contributed by atoms with Crippen LogP contribution < -0.4 is 10.6 Å². The number of amides is 3. The van der Waals surface area contributed by atoms with Gasteiger partial charge < -0.3 is 20.4 Å². The number of piperazine rings is 1. The number of rotatable bonds is 11. The number of halogens is 2. The van der Waals surface area contributed by atoms with Gasteiger partial charge in [-0.05, 0) is 72.1 Å². The largest absolute Gasteiger partial charge is 0.343 e. The first-order chi connectivity index (χ1) is 21.9. The summed E-state index contributed by atoms with van der Waals surface area (Å²) in [6.07, 6.45) is 5.28. The van der Waals surface area contributed by atoms with Crippen LogP contribution in [0.5, 0.6) is 0 Å². The lowest BCUT2D eigenvalue weighted by atomic mass is 9.95. The molecular formula is C36H40Cl2N4O3. The van der Waals surface area contributed by atoms with Crippen molar-refractivity contribution in [2.24, 2.45) is 5.92 Å². The van der Waals surface area contributed by atoms with Gasteiger partial charge in [0.2, 0.25) is 17.7 Å². The fourth-order valence-corrected chi connectivity index (χ4v) is 6.91. The van der Waals surface area contributed by atoms with E-state index < -0.39 is 18.1 Å². The van der Waals surface area contributed by atoms with Crippen LogP contribution in [-0.4, -0.2) is 65.3 Å². The summed E-state index contributed by atoms with van der Waals surface area (Å²) in [5.74, 6) is 0.0419. The maximum atomic E-state index is 14.4. The number of carbonyl (C=O) groups is 3. The van der Waals surface area contributed by atoms with Crippen molar-refractivity contribution in [1.82, 2.24) is 20.4 Å². The first-order valence-electron chi connectivity index (χ1n) is 16.0. The van der Waals surface area contributed by atoms with E-state index in [1.54, 1.807) is 17.0 Å². The van der Waals surface area contributed by atoms with E-state index in [1.807, 2.05) is 53.4 Å². The van der Waals surface area contributed by atoms with Crippen LogP contribution in [0.15, 0.2) is 72.8 Å². The molecule has 0 aromatic heterocycles. The zero-order chi connectivity index (χ0) is 31.3. The van der Waals surface area contributed by atoms with E-state index in [0.717, 1.165) is 47.4 Å². The highest BCUT2D eigenvalue weighted by molar-refractivity contribution is 6.31. The maximum absolute atomic E-state index is 14.4. The Morgan fingerprint density at radius 2 is 1.67 bits per heavy atom. The van der Waals surface area contributed by atoms with Crippen molar-refractivity contribution in [3.63, 3.8) is 0 Å². The number of nitrogens with one attached hydrogen (secondary N) is 2. The minimum Gasteiger partial charge on any atom is -0.343 e. The second kappa shape index (κ2) is 14.4. The Labute approximate surface area is 275 Å². The minimum atomic E-state index is -0.807. The lowest BCUT2D eigenvalue weighted by molar-refractivity contribution is -0.153. The van der Waals surface area contributed by atoms with Crippen LogP contribution in [-0.2, 0) is 40.2 Å². The molecule has 9 heteroatoms. The molecule has 2 aliphatic heterocycles. The summed E-state index contributed by atoms with van der Waals surface area (Å²) in [5.41, 5.74) is 4.29. The molecule has 6 rings (SSSR count). The number of carbonyl (C=O) groups excluding carboxylic acids is 3. The Hall–Kier alpha value is -3.39. The summed E-state index contributed by atoms with van der Waals surface area (Å²) in [6.45, 7) is 2.13. The molecule has 7 nitrogen and oxygen atoms in total. The molecule has 3 atom stereocenters. The first kappa shape index (κ1) is 31.6. The third-order valence-corrected chi connectivity index (χ3v) is 9.94. The van der Waals surface area contributed by atoms with Gasteiger partial charge in [0.05, 0.1) is 6.04 Å². The van der Waals surface area contributed by atoms with E-state index in [0.29, 0.717) is 56.4 Å². The fraction of sp³-hybridized carbons (Fsp3) is 0.417. The molecule has 3 unspecified atom stereocenters. The zero-order valence-electron chi connectivity index (χ0n) is 25.4. The van der Waals surface area contributed by atoms with Gasteiger partial charge in [0.25, 0.3) is 0 Å². The molecule has 45 heavy (non-hydrogen) atoms. The van der Waals surface area contributed by atoms with Crippen molar-refractivity contribution in [3.05, 3.63) is 105 Å². The van der Waals surface area contributed by atoms with Crippen LogP contribution in [0.2, 0.25) is 10.0 Å². The highest BCUT2D eigenvalue weighted by atomic mass is 35.5. The number of aryl methyl sites for hydroxylation is 1. The number of hydrogen-bond donors (Lipinski definition) is 2. The molecule has 1 aliphatic carbocycles. The van der Waals surface area contributed by atoms with E-state index in [2.05, 4.69) is 22.8 Å². The highest BCUT2D eigenvalue weighted by Crippen LogP contribution is 2.36. The van der Waals surface area contributed by atoms with Crippen LogP contribution in [0.1, 0.15) is 47.9 Å². The molecule has 236 valence electrons. The predicted octanol–water partition coefficient (Wildman–Crippen LogP) is 5.21. The summed E-state index contributed by atoms with van der Waals surface area (Å²) < 4.78 is 0. The lowest BCUT2D eigenvalue weighted by Gasteiger charge is -2.42. The van der Waals surface area contributed by atoms with Crippen molar-refractivity contribution in [2.75, 3.05) is 19.6 Å². The van der Waals surface area contributed by atoms with E-state index in [4.69, 9.17) is 23.2 Å². The van der Waals surface area contributed by atoms with E-state index in [9.17, 15) is 14.4 Å². The molecule has 0 radical (unpaired) electrons. The van der Waals surface area contributed by atoms with E-state index >= 15 is 0 Å². The molecule has 3 amide bonds. The molecule has 0 spiro atoms. The molecule has 0 bridgehead atoms. The normalized spacial score (nSPS) is 20.4. The molecular weight excluding hydrogens is 607 g/mol. The number of benzene rings is 3. The van der Waals surface area contributed by atoms with Gasteiger partial charge in [-0.2, -0.15) is 0 Å². The molecule has 1 saturated heterocycles. The SMILES string of the molecule is O=C(NC(Cc1ccc(Cl)cc1)C(=O)N1CCN(CCCc2ccccc2Cl)C(=O)C1CC1CC1)C1Cc2ccccc2CN1. The van der Waals surface area contributed by atoms with Crippen LogP contribution in [0.25, 0.3) is 0 Å². The Balaban J connectivity index is 1.17. The average molecular weight is 648 g/mol. The summed E-state index contributed by atoms with van der Waals surface area (Å²) in [5, 5.41) is 7.78. The number of fused-ring (bicyclic) bond motifs is 1. The lowest BCUT2D eigenvalue weighted by Crippen LogP contribution is -2.63. The molecule has 1 saturated carbocycles. The smallest absolute Gasteiger partial charge is 0.246 e. The van der Waals surface area contributed by atoms with E-state index in [-0.39, 0.29) is 17.7 Å². The van der Waals surface area contributed by atoms with E-state index in [1.165, 1.54) is 5.56 Å². The van der Waals surface area contributed by atoms with Gasteiger partial charge in [-0.15, -0.1) is 0 Å². The van der Waals surface area contributed by atoms with Gasteiger partial charge in [0.1, 0.15) is 12.1 Å². The Morgan fingerprint density at radius 3 is 2.42 bits per heavy atom. The van der Waals surface area contributed by atoms with Crippen molar-refractivity contribution < 1.29 is 14.4 Å². The van der Waals surface area contributed by atoms with Crippen molar-refractivity contribution in [2.45, 2.75) is 69.6 Å².